The number of piperidine rings is 1. The summed E-state index contributed by atoms with van der Waals surface area (Å²) in [6.07, 6.45) is 3.38. The maximum atomic E-state index is 5.59. The maximum absolute atomic E-state index is 5.59. The Hall–Kier alpha value is -1.13. The number of nitrogens with one attached hydrogen (secondary N) is 1. The fraction of sp³-hybridized carbons (Fsp3) is 0.688. The Morgan fingerprint density at radius 1 is 1.55 bits per heavy atom. The molecule has 0 aromatic carbocycles. The van der Waals surface area contributed by atoms with Crippen LogP contribution in [0.25, 0.3) is 0 Å². The van der Waals surface area contributed by atoms with Gasteiger partial charge in [0.2, 0.25) is 0 Å². The van der Waals surface area contributed by atoms with Crippen molar-refractivity contribution in [1.29, 1.82) is 0 Å². The molecule has 1 aromatic heterocycles. The first-order valence-electron chi connectivity index (χ1n) is 7.62. The summed E-state index contributed by atoms with van der Waals surface area (Å²) in [6, 6.07) is 4.66. The lowest BCUT2D eigenvalue weighted by Crippen LogP contribution is -2.44. The van der Waals surface area contributed by atoms with Crippen molar-refractivity contribution in [2.75, 3.05) is 31.6 Å². The Morgan fingerprint density at radius 2 is 2.35 bits per heavy atom. The summed E-state index contributed by atoms with van der Waals surface area (Å²) in [5.74, 6) is 1.70. The summed E-state index contributed by atoms with van der Waals surface area (Å²) in [6.45, 7) is 9.57. The second kappa shape index (κ2) is 7.04. The first-order valence-corrected chi connectivity index (χ1v) is 7.62. The summed E-state index contributed by atoms with van der Waals surface area (Å²) >= 11 is 0. The van der Waals surface area contributed by atoms with Crippen LogP contribution in [0.3, 0.4) is 0 Å². The lowest BCUT2D eigenvalue weighted by atomic mass is 9.95. The van der Waals surface area contributed by atoms with Gasteiger partial charge >= 0.3 is 0 Å². The molecule has 0 amide bonds. The van der Waals surface area contributed by atoms with E-state index in [1.54, 1.807) is 0 Å². The molecule has 1 aromatic rings. The fourth-order valence-corrected chi connectivity index (χ4v) is 2.85. The van der Waals surface area contributed by atoms with Crippen molar-refractivity contribution in [3.05, 3.63) is 23.9 Å². The number of ether oxygens (including phenoxy) is 1. The van der Waals surface area contributed by atoms with E-state index < -0.39 is 0 Å². The zero-order chi connectivity index (χ0) is 14.5. The van der Waals surface area contributed by atoms with Crippen molar-refractivity contribution in [2.45, 2.75) is 39.3 Å². The molecule has 20 heavy (non-hydrogen) atoms. The van der Waals surface area contributed by atoms with Crippen molar-refractivity contribution >= 4 is 5.82 Å². The molecule has 3 atom stereocenters. The molecule has 3 unspecified atom stereocenters. The van der Waals surface area contributed by atoms with E-state index in [0.717, 1.165) is 31.9 Å². The van der Waals surface area contributed by atoms with Crippen LogP contribution >= 0.6 is 0 Å². The van der Waals surface area contributed by atoms with E-state index >= 15 is 0 Å². The van der Waals surface area contributed by atoms with Crippen LogP contribution < -0.4 is 10.2 Å². The zero-order valence-corrected chi connectivity index (χ0v) is 13.1. The lowest BCUT2D eigenvalue weighted by Gasteiger charge is -2.37. The van der Waals surface area contributed by atoms with Crippen LogP contribution in [0, 0.1) is 5.92 Å². The molecule has 4 heteroatoms. The molecule has 1 saturated heterocycles. The van der Waals surface area contributed by atoms with Gasteiger partial charge < -0.3 is 15.0 Å². The maximum Gasteiger partial charge on any atom is 0.128 e. The predicted octanol–water partition coefficient (Wildman–Crippen LogP) is 2.61. The number of aromatic nitrogens is 1. The summed E-state index contributed by atoms with van der Waals surface area (Å²) in [5, 5.41) is 3.45. The average Bonchev–Trinajstić information content (AvgIpc) is 2.48. The van der Waals surface area contributed by atoms with Crippen LogP contribution in [0.5, 0.6) is 0 Å². The number of nitrogens with zero attached hydrogens (tertiary/aromatic N) is 2. The Balaban J connectivity index is 2.10. The van der Waals surface area contributed by atoms with Gasteiger partial charge in [-0.1, -0.05) is 13.8 Å². The molecule has 2 heterocycles. The van der Waals surface area contributed by atoms with E-state index in [1.807, 2.05) is 13.3 Å². The molecule has 1 aliphatic rings. The molecule has 0 spiro atoms. The number of anilines is 1. The Kier molecular flexibility index (Phi) is 5.38. The van der Waals surface area contributed by atoms with E-state index in [0.29, 0.717) is 18.1 Å². The van der Waals surface area contributed by atoms with Crippen LogP contribution in [0.2, 0.25) is 0 Å². The molecular weight excluding hydrogens is 250 g/mol. The number of methoxy groups -OCH3 is 1. The first kappa shape index (κ1) is 15.3. The van der Waals surface area contributed by atoms with Gasteiger partial charge in [-0.3, -0.25) is 0 Å². The standard InChI is InChI=1S/C16H27N3O/c1-5-17-13(3)14-6-8-18-16(10-14)19-9-7-12(2)15(11-19)20-4/h6,8,10,12-13,15,17H,5,7,9,11H2,1-4H3. The van der Waals surface area contributed by atoms with Crippen LogP contribution in [-0.2, 0) is 4.74 Å². The van der Waals surface area contributed by atoms with Crippen LogP contribution in [0.4, 0.5) is 5.82 Å². The van der Waals surface area contributed by atoms with Gasteiger partial charge in [-0.2, -0.15) is 0 Å². The Labute approximate surface area is 122 Å². The van der Waals surface area contributed by atoms with E-state index in [4.69, 9.17) is 4.74 Å². The zero-order valence-electron chi connectivity index (χ0n) is 13.1. The Morgan fingerprint density at radius 3 is 3.05 bits per heavy atom. The molecule has 112 valence electrons. The van der Waals surface area contributed by atoms with Crippen molar-refractivity contribution in [1.82, 2.24) is 10.3 Å². The van der Waals surface area contributed by atoms with Gasteiger partial charge in [-0.05, 0) is 43.5 Å². The summed E-state index contributed by atoms with van der Waals surface area (Å²) < 4.78 is 5.59. The van der Waals surface area contributed by atoms with Crippen LogP contribution in [0.1, 0.15) is 38.8 Å². The quantitative estimate of drug-likeness (QED) is 0.898. The number of rotatable bonds is 5. The lowest BCUT2D eigenvalue weighted by molar-refractivity contribution is 0.0496. The topological polar surface area (TPSA) is 37.4 Å². The van der Waals surface area contributed by atoms with Crippen molar-refractivity contribution in [2.24, 2.45) is 5.92 Å². The highest BCUT2D eigenvalue weighted by Crippen LogP contribution is 2.25. The van der Waals surface area contributed by atoms with Gasteiger partial charge in [-0.15, -0.1) is 0 Å². The Bertz CT molecular complexity index is 424. The monoisotopic (exact) mass is 277 g/mol. The molecule has 2 rings (SSSR count). The minimum absolute atomic E-state index is 0.306. The molecular formula is C16H27N3O. The highest BCUT2D eigenvalue weighted by atomic mass is 16.5. The minimum atomic E-state index is 0.306. The molecule has 1 N–H and O–H groups in total. The first-order chi connectivity index (χ1) is 9.65. The average molecular weight is 277 g/mol. The largest absolute Gasteiger partial charge is 0.379 e. The summed E-state index contributed by atoms with van der Waals surface area (Å²) in [4.78, 5) is 6.89. The third-order valence-corrected chi connectivity index (χ3v) is 4.30. The smallest absolute Gasteiger partial charge is 0.128 e. The minimum Gasteiger partial charge on any atom is -0.379 e. The van der Waals surface area contributed by atoms with Crippen molar-refractivity contribution in [3.63, 3.8) is 0 Å². The summed E-state index contributed by atoms with van der Waals surface area (Å²) in [7, 11) is 1.81. The SMILES string of the molecule is CCNC(C)c1ccnc(N2CCC(C)C(OC)C2)c1. The number of hydrogen-bond acceptors (Lipinski definition) is 4. The van der Waals surface area contributed by atoms with Gasteiger partial charge in [0.25, 0.3) is 0 Å². The third kappa shape index (κ3) is 3.49. The second-order valence-corrected chi connectivity index (χ2v) is 5.71. The second-order valence-electron chi connectivity index (χ2n) is 5.71. The van der Waals surface area contributed by atoms with Gasteiger partial charge in [0, 0.05) is 32.4 Å². The van der Waals surface area contributed by atoms with Gasteiger partial charge in [0.05, 0.1) is 6.10 Å². The molecule has 0 aliphatic carbocycles. The van der Waals surface area contributed by atoms with Crippen molar-refractivity contribution < 1.29 is 4.74 Å². The highest BCUT2D eigenvalue weighted by Gasteiger charge is 2.26. The predicted molar refractivity (Wildman–Crippen MR) is 83.1 cm³/mol. The van der Waals surface area contributed by atoms with E-state index in [-0.39, 0.29) is 0 Å². The molecule has 0 bridgehead atoms. The molecule has 0 radical (unpaired) electrons. The molecule has 0 saturated carbocycles. The van der Waals surface area contributed by atoms with E-state index in [9.17, 15) is 0 Å². The summed E-state index contributed by atoms with van der Waals surface area (Å²) in [5.41, 5.74) is 1.30. The highest BCUT2D eigenvalue weighted by molar-refractivity contribution is 5.42. The van der Waals surface area contributed by atoms with Crippen molar-refractivity contribution in [3.8, 4) is 0 Å². The third-order valence-electron chi connectivity index (χ3n) is 4.30. The number of hydrogen-bond donors (Lipinski definition) is 1. The number of pyridine rings is 1. The van der Waals surface area contributed by atoms with E-state index in [1.165, 1.54) is 5.56 Å². The molecule has 1 fully saturated rings. The normalized spacial score (nSPS) is 24.7. The van der Waals surface area contributed by atoms with E-state index in [2.05, 4.69) is 48.1 Å². The molecule has 4 nitrogen and oxygen atoms in total. The van der Waals surface area contributed by atoms with Gasteiger partial charge in [-0.25, -0.2) is 4.98 Å². The van der Waals surface area contributed by atoms with Crippen LogP contribution in [-0.4, -0.2) is 37.8 Å². The fourth-order valence-electron chi connectivity index (χ4n) is 2.85. The van der Waals surface area contributed by atoms with Gasteiger partial charge in [0.1, 0.15) is 5.82 Å². The molecule has 1 aliphatic heterocycles. The van der Waals surface area contributed by atoms with Crippen LogP contribution in [0.15, 0.2) is 18.3 Å². The van der Waals surface area contributed by atoms with Gasteiger partial charge in [0.15, 0.2) is 0 Å².